The summed E-state index contributed by atoms with van der Waals surface area (Å²) in [6.07, 6.45) is 3.53. The van der Waals surface area contributed by atoms with E-state index in [0.29, 0.717) is 12.4 Å². The van der Waals surface area contributed by atoms with Gasteiger partial charge in [0.15, 0.2) is 11.0 Å². The van der Waals surface area contributed by atoms with Crippen LogP contribution in [0.4, 0.5) is 5.82 Å². The molecule has 0 aromatic heterocycles. The first-order valence-corrected chi connectivity index (χ1v) is 5.58. The van der Waals surface area contributed by atoms with Crippen LogP contribution in [0.5, 0.6) is 0 Å². The molecule has 3 aliphatic rings. The number of fused-ring (bicyclic) bond motifs is 3. The third-order valence-corrected chi connectivity index (χ3v) is 2.96. The lowest BCUT2D eigenvalue weighted by molar-refractivity contribution is -0.115. The monoisotopic (exact) mass is 221 g/mol. The average Bonchev–Trinajstić information content (AvgIpc) is 2.80. The van der Waals surface area contributed by atoms with Crippen molar-refractivity contribution >= 4 is 23.5 Å². The van der Waals surface area contributed by atoms with E-state index in [0.717, 1.165) is 16.5 Å². The summed E-state index contributed by atoms with van der Waals surface area (Å²) in [6, 6.07) is 0. The lowest BCUT2D eigenvalue weighted by Crippen LogP contribution is -2.05. The summed E-state index contributed by atoms with van der Waals surface area (Å²) in [6.45, 7) is 0.319. The highest BCUT2D eigenvalue weighted by Gasteiger charge is 2.26. The van der Waals surface area contributed by atoms with Gasteiger partial charge in [-0.2, -0.15) is 5.10 Å². The Morgan fingerprint density at radius 3 is 3.27 bits per heavy atom. The van der Waals surface area contributed by atoms with Gasteiger partial charge in [-0.1, -0.05) is 11.8 Å². The van der Waals surface area contributed by atoms with E-state index in [9.17, 15) is 4.79 Å². The summed E-state index contributed by atoms with van der Waals surface area (Å²) >= 11 is 1.49. The normalized spacial score (nSPS) is 14.3. The zero-order valence-corrected chi connectivity index (χ0v) is 8.71. The molecule has 3 aliphatic heterocycles. The van der Waals surface area contributed by atoms with Crippen LogP contribution in [0.1, 0.15) is 0 Å². The van der Waals surface area contributed by atoms with E-state index >= 15 is 0 Å². The number of rotatable bonds is 1. The Kier molecular flexibility index (Phi) is 1.69. The van der Waals surface area contributed by atoms with E-state index in [2.05, 4.69) is 20.5 Å². The first-order chi connectivity index (χ1) is 7.29. The molecular weight excluding hydrogens is 214 g/mol. The molecule has 0 spiro atoms. The van der Waals surface area contributed by atoms with Crippen LogP contribution in [0.2, 0.25) is 0 Å². The molecular formula is C8H7N5OS. The summed E-state index contributed by atoms with van der Waals surface area (Å²) < 4.78 is 1.85. The zero-order valence-electron chi connectivity index (χ0n) is 7.89. The van der Waals surface area contributed by atoms with Gasteiger partial charge in [-0.25, -0.2) is 4.98 Å². The fourth-order valence-electron chi connectivity index (χ4n) is 1.65. The molecule has 15 heavy (non-hydrogen) atoms. The fraction of sp³-hybridized carbons (Fsp3) is 0.250. The smallest absolute Gasteiger partial charge is 0.245 e. The molecule has 7 heteroatoms. The van der Waals surface area contributed by atoms with Crippen molar-refractivity contribution < 1.29 is 4.79 Å². The van der Waals surface area contributed by atoms with Crippen molar-refractivity contribution in [3.8, 4) is 11.4 Å². The summed E-state index contributed by atoms with van der Waals surface area (Å²) in [5, 5.41) is 11.2. The van der Waals surface area contributed by atoms with Gasteiger partial charge in [0.05, 0.1) is 11.8 Å². The fourth-order valence-corrected chi connectivity index (χ4v) is 2.20. The predicted molar refractivity (Wildman–Crippen MR) is 54.8 cm³/mol. The number of carbonyl (C=O) groups is 1. The van der Waals surface area contributed by atoms with Gasteiger partial charge in [0.25, 0.3) is 0 Å². The Morgan fingerprint density at radius 1 is 1.60 bits per heavy atom. The van der Waals surface area contributed by atoms with Crippen LogP contribution < -0.4 is 5.32 Å². The summed E-state index contributed by atoms with van der Waals surface area (Å²) in [5.41, 5.74) is 0.790. The molecule has 3 rings (SSSR count). The van der Waals surface area contributed by atoms with Crippen molar-refractivity contribution in [2.45, 2.75) is 11.7 Å². The van der Waals surface area contributed by atoms with Gasteiger partial charge >= 0.3 is 0 Å². The molecule has 76 valence electrons. The predicted octanol–water partition coefficient (Wildman–Crippen LogP) is 0.452. The Balaban J connectivity index is 2.33. The molecule has 0 unspecified atom stereocenters. The summed E-state index contributed by atoms with van der Waals surface area (Å²) in [5.74, 6) is 1.30. The maximum atomic E-state index is 11.3. The minimum atomic E-state index is -0.0270. The van der Waals surface area contributed by atoms with Crippen molar-refractivity contribution in [2.24, 2.45) is 0 Å². The van der Waals surface area contributed by atoms with Gasteiger partial charge < -0.3 is 5.32 Å². The lowest BCUT2D eigenvalue weighted by atomic mass is 10.3. The number of hydrogen-bond donors (Lipinski definition) is 1. The second-order valence-electron chi connectivity index (χ2n) is 3.16. The van der Waals surface area contributed by atoms with E-state index in [1.165, 1.54) is 11.8 Å². The van der Waals surface area contributed by atoms with Crippen LogP contribution in [0.15, 0.2) is 11.4 Å². The second-order valence-corrected chi connectivity index (χ2v) is 3.94. The first kappa shape index (κ1) is 8.66. The molecule has 0 aromatic rings. The van der Waals surface area contributed by atoms with Gasteiger partial charge in [0.2, 0.25) is 5.91 Å². The summed E-state index contributed by atoms with van der Waals surface area (Å²) in [7, 11) is 0. The van der Waals surface area contributed by atoms with E-state index in [1.54, 1.807) is 6.20 Å². The van der Waals surface area contributed by atoms with Crippen LogP contribution in [0.3, 0.4) is 0 Å². The molecule has 1 N–H and O–H groups in total. The second kappa shape index (κ2) is 2.93. The van der Waals surface area contributed by atoms with Crippen LogP contribution in [-0.2, 0) is 11.3 Å². The summed E-state index contributed by atoms with van der Waals surface area (Å²) in [4.78, 5) is 15.6. The van der Waals surface area contributed by atoms with Gasteiger partial charge in [0, 0.05) is 0 Å². The molecule has 0 fully saturated rings. The highest BCUT2D eigenvalue weighted by Crippen LogP contribution is 2.33. The highest BCUT2D eigenvalue weighted by atomic mass is 32.2. The van der Waals surface area contributed by atoms with Crippen molar-refractivity contribution in [1.29, 1.82) is 0 Å². The number of nitrogens with one attached hydrogen (secondary N) is 1. The number of thioether (sulfide) groups is 1. The largest absolute Gasteiger partial charge is 0.310 e. The molecule has 0 radical (unpaired) electrons. The minimum Gasteiger partial charge on any atom is -0.310 e. The molecule has 6 nitrogen and oxygen atoms in total. The van der Waals surface area contributed by atoms with E-state index in [1.807, 2.05) is 10.8 Å². The standard InChI is InChI=1S/C8H7N5OS/c1-15-8-11-6-4(2-9-12-6)7-10-5(14)3-13(7)8/h2H,3H2,1H3,(H,10,14). The Hall–Kier alpha value is -1.63. The molecule has 0 aromatic carbocycles. The van der Waals surface area contributed by atoms with Crippen LogP contribution in [-0.4, -0.2) is 31.9 Å². The van der Waals surface area contributed by atoms with Crippen molar-refractivity contribution in [3.63, 3.8) is 0 Å². The molecule has 0 atom stereocenters. The molecule has 0 bridgehead atoms. The van der Waals surface area contributed by atoms with Gasteiger partial charge in [-0.15, -0.1) is 5.10 Å². The maximum Gasteiger partial charge on any atom is 0.245 e. The highest BCUT2D eigenvalue weighted by molar-refractivity contribution is 7.98. The van der Waals surface area contributed by atoms with E-state index in [-0.39, 0.29) is 5.91 Å². The van der Waals surface area contributed by atoms with Gasteiger partial charge in [-0.05, 0) is 6.26 Å². The number of nitrogens with zero attached hydrogens (tertiary/aromatic N) is 4. The quantitative estimate of drug-likeness (QED) is 0.559. The number of aromatic nitrogens is 4. The Morgan fingerprint density at radius 2 is 2.47 bits per heavy atom. The van der Waals surface area contributed by atoms with Crippen LogP contribution >= 0.6 is 11.8 Å². The minimum absolute atomic E-state index is 0.0270. The molecule has 1 amide bonds. The number of carbonyl (C=O) groups excluding carboxylic acids is 1. The van der Waals surface area contributed by atoms with E-state index < -0.39 is 0 Å². The molecule has 3 heterocycles. The molecule has 0 saturated carbocycles. The van der Waals surface area contributed by atoms with Crippen LogP contribution in [0, 0.1) is 0 Å². The molecule has 0 saturated heterocycles. The average molecular weight is 221 g/mol. The number of anilines is 1. The van der Waals surface area contributed by atoms with Crippen molar-refractivity contribution in [3.05, 3.63) is 6.20 Å². The first-order valence-electron chi connectivity index (χ1n) is 4.35. The van der Waals surface area contributed by atoms with Gasteiger partial charge in [-0.3, -0.25) is 9.36 Å². The number of hydrogen-bond acceptors (Lipinski definition) is 5. The van der Waals surface area contributed by atoms with Crippen LogP contribution in [0.25, 0.3) is 11.4 Å². The Bertz CT molecular complexity index is 522. The number of amides is 1. The molecule has 0 aliphatic carbocycles. The Labute approximate surface area is 89.4 Å². The topological polar surface area (TPSA) is 72.7 Å². The zero-order chi connectivity index (χ0) is 10.4. The van der Waals surface area contributed by atoms with Crippen molar-refractivity contribution in [1.82, 2.24) is 19.7 Å². The maximum absolute atomic E-state index is 11.3. The SMILES string of the molecule is CSc1nc2nncc-2c2n1CC(=O)N2. The van der Waals surface area contributed by atoms with Crippen molar-refractivity contribution in [2.75, 3.05) is 11.6 Å². The van der Waals surface area contributed by atoms with E-state index in [4.69, 9.17) is 0 Å². The third kappa shape index (κ3) is 1.13. The van der Waals surface area contributed by atoms with Gasteiger partial charge in [0.1, 0.15) is 12.4 Å². The lowest BCUT2D eigenvalue weighted by Gasteiger charge is -2.10. The third-order valence-electron chi connectivity index (χ3n) is 2.28.